The Kier molecular flexibility index (Phi) is 7.18. The molecule has 0 radical (unpaired) electrons. The molecule has 1 unspecified atom stereocenters. The summed E-state index contributed by atoms with van der Waals surface area (Å²) in [6, 6.07) is 11.2. The zero-order valence-electron chi connectivity index (χ0n) is 16.3. The summed E-state index contributed by atoms with van der Waals surface area (Å²) in [7, 11) is 0. The second kappa shape index (κ2) is 9.37. The molecule has 0 saturated heterocycles. The molecule has 0 heterocycles. The number of hydrogen-bond donors (Lipinski definition) is 3. The Labute approximate surface area is 169 Å². The lowest BCUT2D eigenvalue weighted by Gasteiger charge is -2.22. The minimum Gasteiger partial charge on any atom is -0.340 e. The van der Waals surface area contributed by atoms with Gasteiger partial charge in [0.15, 0.2) is 0 Å². The molecule has 0 aliphatic heterocycles. The Bertz CT molecular complexity index is 896. The van der Waals surface area contributed by atoms with Crippen molar-refractivity contribution in [3.8, 4) is 0 Å². The molecular weight excluding hydrogens is 378 g/mol. The van der Waals surface area contributed by atoms with Gasteiger partial charge in [0.1, 0.15) is 6.04 Å². The summed E-state index contributed by atoms with van der Waals surface area (Å²) in [5, 5.41) is 8.45. The fourth-order valence-electron chi connectivity index (χ4n) is 2.69. The van der Waals surface area contributed by atoms with Crippen LogP contribution in [0.5, 0.6) is 0 Å². The fraction of sp³-hybridized carbons (Fsp3) is 0.286. The van der Waals surface area contributed by atoms with Crippen molar-refractivity contribution >= 4 is 40.7 Å². The van der Waals surface area contributed by atoms with E-state index in [-0.39, 0.29) is 28.7 Å². The Morgan fingerprint density at radius 1 is 1.00 bits per heavy atom. The van der Waals surface area contributed by atoms with Crippen LogP contribution >= 0.6 is 11.6 Å². The van der Waals surface area contributed by atoms with Gasteiger partial charge in [-0.15, -0.1) is 0 Å². The number of carbonyl (C=O) groups excluding carboxylic acids is 3. The maximum atomic E-state index is 12.8. The van der Waals surface area contributed by atoms with Gasteiger partial charge in [-0.1, -0.05) is 43.6 Å². The van der Waals surface area contributed by atoms with Crippen molar-refractivity contribution in [2.75, 3.05) is 10.6 Å². The molecule has 0 fully saturated rings. The van der Waals surface area contributed by atoms with Crippen molar-refractivity contribution in [2.45, 2.75) is 33.7 Å². The molecule has 2 rings (SSSR count). The Morgan fingerprint density at radius 2 is 1.68 bits per heavy atom. The summed E-state index contributed by atoms with van der Waals surface area (Å²) >= 11 is 6.21. The largest absolute Gasteiger partial charge is 0.340 e. The average molecular weight is 402 g/mol. The van der Waals surface area contributed by atoms with E-state index < -0.39 is 6.04 Å². The molecule has 148 valence electrons. The van der Waals surface area contributed by atoms with Crippen LogP contribution in [0.15, 0.2) is 42.5 Å². The van der Waals surface area contributed by atoms with E-state index >= 15 is 0 Å². The number of nitrogens with one attached hydrogen (secondary N) is 3. The Balaban J connectivity index is 2.14. The first-order valence-electron chi connectivity index (χ1n) is 8.93. The monoisotopic (exact) mass is 401 g/mol. The second-order valence-corrected chi connectivity index (χ2v) is 7.28. The SMILES string of the molecule is CC(=O)Nc1ccc(NC(=O)C(NC(=O)c2ccccc2C)C(C)C)c(Cl)c1. The molecule has 0 aromatic heterocycles. The van der Waals surface area contributed by atoms with Crippen molar-refractivity contribution < 1.29 is 14.4 Å². The number of benzene rings is 2. The van der Waals surface area contributed by atoms with Crippen LogP contribution in [-0.2, 0) is 9.59 Å². The topological polar surface area (TPSA) is 87.3 Å². The van der Waals surface area contributed by atoms with E-state index in [1.165, 1.54) is 6.92 Å². The zero-order chi connectivity index (χ0) is 20.8. The summed E-state index contributed by atoms with van der Waals surface area (Å²) in [5.41, 5.74) is 2.29. The highest BCUT2D eigenvalue weighted by Gasteiger charge is 2.25. The molecule has 3 amide bonds. The third-order valence-electron chi connectivity index (χ3n) is 4.17. The second-order valence-electron chi connectivity index (χ2n) is 6.88. The van der Waals surface area contributed by atoms with E-state index in [2.05, 4.69) is 16.0 Å². The average Bonchev–Trinajstić information content (AvgIpc) is 2.61. The molecule has 2 aromatic rings. The van der Waals surface area contributed by atoms with Crippen molar-refractivity contribution in [1.82, 2.24) is 5.32 Å². The van der Waals surface area contributed by atoms with Crippen LogP contribution in [0.3, 0.4) is 0 Å². The third-order valence-corrected chi connectivity index (χ3v) is 4.49. The molecule has 0 aliphatic carbocycles. The number of amides is 3. The van der Waals surface area contributed by atoms with Gasteiger partial charge in [-0.2, -0.15) is 0 Å². The molecule has 28 heavy (non-hydrogen) atoms. The number of anilines is 2. The summed E-state index contributed by atoms with van der Waals surface area (Å²) < 4.78 is 0. The van der Waals surface area contributed by atoms with Crippen LogP contribution in [0, 0.1) is 12.8 Å². The number of hydrogen-bond acceptors (Lipinski definition) is 3. The first-order chi connectivity index (χ1) is 13.2. The van der Waals surface area contributed by atoms with E-state index in [9.17, 15) is 14.4 Å². The highest BCUT2D eigenvalue weighted by atomic mass is 35.5. The molecule has 7 heteroatoms. The zero-order valence-corrected chi connectivity index (χ0v) is 17.1. The van der Waals surface area contributed by atoms with Gasteiger partial charge in [-0.05, 0) is 42.7 Å². The molecule has 6 nitrogen and oxygen atoms in total. The van der Waals surface area contributed by atoms with Gasteiger partial charge in [-0.25, -0.2) is 0 Å². The quantitative estimate of drug-likeness (QED) is 0.683. The van der Waals surface area contributed by atoms with Gasteiger partial charge >= 0.3 is 0 Å². The van der Waals surface area contributed by atoms with Crippen molar-refractivity contribution in [1.29, 1.82) is 0 Å². The summed E-state index contributed by atoms with van der Waals surface area (Å²) in [6.07, 6.45) is 0. The molecule has 3 N–H and O–H groups in total. The number of carbonyl (C=O) groups is 3. The van der Waals surface area contributed by atoms with Gasteiger partial charge in [0, 0.05) is 18.2 Å². The van der Waals surface area contributed by atoms with E-state index in [1.807, 2.05) is 32.9 Å². The van der Waals surface area contributed by atoms with E-state index in [4.69, 9.17) is 11.6 Å². The summed E-state index contributed by atoms with van der Waals surface area (Å²) in [6.45, 7) is 6.94. The first-order valence-corrected chi connectivity index (χ1v) is 9.31. The summed E-state index contributed by atoms with van der Waals surface area (Å²) in [4.78, 5) is 36.5. The lowest BCUT2D eigenvalue weighted by Crippen LogP contribution is -2.47. The number of halogens is 1. The van der Waals surface area contributed by atoms with E-state index in [0.29, 0.717) is 16.9 Å². The Hall–Kier alpha value is -2.86. The predicted molar refractivity (Wildman–Crippen MR) is 112 cm³/mol. The van der Waals surface area contributed by atoms with Gasteiger partial charge in [-0.3, -0.25) is 14.4 Å². The lowest BCUT2D eigenvalue weighted by atomic mass is 10.0. The van der Waals surface area contributed by atoms with Crippen LogP contribution in [0.25, 0.3) is 0 Å². The summed E-state index contributed by atoms with van der Waals surface area (Å²) in [5.74, 6) is -1.03. The molecule has 2 aromatic carbocycles. The van der Waals surface area contributed by atoms with Gasteiger partial charge in [0.25, 0.3) is 5.91 Å². The van der Waals surface area contributed by atoms with Crippen LogP contribution in [0.2, 0.25) is 5.02 Å². The highest BCUT2D eigenvalue weighted by molar-refractivity contribution is 6.34. The molecule has 1 atom stereocenters. The van der Waals surface area contributed by atoms with Gasteiger partial charge in [0.2, 0.25) is 11.8 Å². The fourth-order valence-corrected chi connectivity index (χ4v) is 2.92. The third kappa shape index (κ3) is 5.57. The molecule has 0 bridgehead atoms. The van der Waals surface area contributed by atoms with Crippen molar-refractivity contribution in [2.24, 2.45) is 5.92 Å². The van der Waals surface area contributed by atoms with Crippen LogP contribution in [-0.4, -0.2) is 23.8 Å². The number of aryl methyl sites for hydroxylation is 1. The molecule has 0 saturated carbocycles. The number of rotatable bonds is 6. The van der Waals surface area contributed by atoms with Crippen molar-refractivity contribution in [3.05, 3.63) is 58.6 Å². The Morgan fingerprint density at radius 3 is 2.25 bits per heavy atom. The van der Waals surface area contributed by atoms with Gasteiger partial charge in [0.05, 0.1) is 10.7 Å². The normalized spacial score (nSPS) is 11.6. The van der Waals surface area contributed by atoms with Crippen LogP contribution < -0.4 is 16.0 Å². The lowest BCUT2D eigenvalue weighted by molar-refractivity contribution is -0.119. The first kappa shape index (κ1) is 21.4. The van der Waals surface area contributed by atoms with Crippen molar-refractivity contribution in [3.63, 3.8) is 0 Å². The smallest absolute Gasteiger partial charge is 0.252 e. The molecular formula is C21H24ClN3O3. The van der Waals surface area contributed by atoms with E-state index in [1.54, 1.807) is 30.3 Å². The maximum Gasteiger partial charge on any atom is 0.252 e. The van der Waals surface area contributed by atoms with Crippen LogP contribution in [0.4, 0.5) is 11.4 Å². The maximum absolute atomic E-state index is 12.8. The van der Waals surface area contributed by atoms with Gasteiger partial charge < -0.3 is 16.0 Å². The van der Waals surface area contributed by atoms with Crippen LogP contribution in [0.1, 0.15) is 36.7 Å². The predicted octanol–water partition coefficient (Wildman–Crippen LogP) is 4.00. The molecule has 0 aliphatic rings. The highest BCUT2D eigenvalue weighted by Crippen LogP contribution is 2.26. The minimum absolute atomic E-state index is 0.134. The standard InChI is InChI=1S/C21H24ClN3O3/c1-12(2)19(25-20(27)16-8-6-5-7-13(16)3)21(28)24-18-10-9-15(11-17(18)22)23-14(4)26/h5-12,19H,1-4H3,(H,23,26)(H,24,28)(H,25,27). The molecule has 0 spiro atoms. The minimum atomic E-state index is -0.738. The van der Waals surface area contributed by atoms with E-state index in [0.717, 1.165) is 5.56 Å².